The predicted molar refractivity (Wildman–Crippen MR) is 110 cm³/mol. The van der Waals surface area contributed by atoms with Gasteiger partial charge in [0.05, 0.1) is 34.8 Å². The summed E-state index contributed by atoms with van der Waals surface area (Å²) in [7, 11) is 1.54. The van der Waals surface area contributed by atoms with E-state index in [0.29, 0.717) is 22.0 Å². The smallest absolute Gasteiger partial charge is 0.338 e. The first-order valence-corrected chi connectivity index (χ1v) is 9.20. The third kappa shape index (κ3) is 4.75. The highest BCUT2D eigenvalue weighted by atomic mass is 35.5. The first kappa shape index (κ1) is 20.4. The minimum Gasteiger partial charge on any atom is -0.497 e. The maximum atomic E-state index is 12.2. The van der Waals surface area contributed by atoms with Crippen molar-refractivity contribution in [2.75, 3.05) is 19.0 Å². The van der Waals surface area contributed by atoms with Crippen LogP contribution in [0, 0.1) is 13.8 Å². The van der Waals surface area contributed by atoms with E-state index in [4.69, 9.17) is 21.1 Å². The fourth-order valence-corrected chi connectivity index (χ4v) is 2.84. The lowest BCUT2D eigenvalue weighted by atomic mass is 10.2. The Hall–Kier alpha value is -3.32. The molecule has 0 aliphatic heterocycles. The van der Waals surface area contributed by atoms with Crippen molar-refractivity contribution in [3.8, 4) is 11.4 Å². The van der Waals surface area contributed by atoms with Gasteiger partial charge >= 0.3 is 5.97 Å². The summed E-state index contributed by atoms with van der Waals surface area (Å²) in [6.45, 7) is 3.30. The molecule has 0 bridgehead atoms. The second kappa shape index (κ2) is 8.79. The highest BCUT2D eigenvalue weighted by molar-refractivity contribution is 6.31. The number of ether oxygens (including phenoxy) is 2. The van der Waals surface area contributed by atoms with Crippen LogP contribution in [0.5, 0.6) is 5.75 Å². The van der Waals surface area contributed by atoms with Gasteiger partial charge in [-0.3, -0.25) is 4.79 Å². The molecule has 0 saturated heterocycles. The SMILES string of the molecule is COc1cccc(NC(=O)COC(=O)c2ccc(-n3nc(C)c(Cl)c3C)cc2)c1. The van der Waals surface area contributed by atoms with Crippen LogP contribution < -0.4 is 10.1 Å². The number of benzene rings is 2. The number of aromatic nitrogens is 2. The van der Waals surface area contributed by atoms with Gasteiger partial charge in [-0.15, -0.1) is 0 Å². The van der Waals surface area contributed by atoms with E-state index >= 15 is 0 Å². The van der Waals surface area contributed by atoms with Gasteiger partial charge in [0, 0.05) is 11.8 Å². The zero-order valence-corrected chi connectivity index (χ0v) is 17.0. The molecule has 1 aromatic heterocycles. The molecule has 0 unspecified atom stereocenters. The summed E-state index contributed by atoms with van der Waals surface area (Å²) in [6.07, 6.45) is 0. The van der Waals surface area contributed by atoms with Crippen LogP contribution in [-0.4, -0.2) is 35.4 Å². The Morgan fingerprint density at radius 3 is 2.48 bits per heavy atom. The van der Waals surface area contributed by atoms with Crippen LogP contribution in [0.2, 0.25) is 5.02 Å². The number of nitrogens with zero attached hydrogens (tertiary/aromatic N) is 2. The van der Waals surface area contributed by atoms with Crippen LogP contribution in [0.3, 0.4) is 0 Å². The number of esters is 1. The van der Waals surface area contributed by atoms with E-state index < -0.39 is 18.5 Å². The number of hydrogen-bond donors (Lipinski definition) is 1. The Morgan fingerprint density at radius 1 is 1.14 bits per heavy atom. The first-order chi connectivity index (χ1) is 13.9. The number of nitrogens with one attached hydrogen (secondary N) is 1. The van der Waals surface area contributed by atoms with Gasteiger partial charge in [0.25, 0.3) is 5.91 Å². The molecular formula is C21H20ClN3O4. The molecule has 29 heavy (non-hydrogen) atoms. The van der Waals surface area contributed by atoms with E-state index in [2.05, 4.69) is 10.4 Å². The van der Waals surface area contributed by atoms with E-state index in [1.54, 1.807) is 53.2 Å². The number of carbonyl (C=O) groups is 2. The second-order valence-corrected chi connectivity index (χ2v) is 6.68. The number of rotatable bonds is 6. The van der Waals surface area contributed by atoms with Crippen molar-refractivity contribution < 1.29 is 19.1 Å². The van der Waals surface area contributed by atoms with E-state index in [-0.39, 0.29) is 0 Å². The standard InChI is InChI=1S/C21H20ClN3O4/c1-13-20(22)14(2)25(24-13)17-9-7-15(8-10-17)21(27)29-12-19(26)23-16-5-4-6-18(11-16)28-3/h4-11H,12H2,1-3H3,(H,23,26). The van der Waals surface area contributed by atoms with Crippen molar-refractivity contribution in [3.63, 3.8) is 0 Å². The summed E-state index contributed by atoms with van der Waals surface area (Å²) >= 11 is 6.17. The van der Waals surface area contributed by atoms with Gasteiger partial charge in [-0.05, 0) is 50.2 Å². The molecule has 1 N–H and O–H groups in total. The van der Waals surface area contributed by atoms with Crippen molar-refractivity contribution in [1.29, 1.82) is 0 Å². The van der Waals surface area contributed by atoms with E-state index in [9.17, 15) is 9.59 Å². The van der Waals surface area contributed by atoms with Gasteiger partial charge in [0.15, 0.2) is 6.61 Å². The minimum absolute atomic E-state index is 0.329. The van der Waals surface area contributed by atoms with Crippen LogP contribution in [0.1, 0.15) is 21.7 Å². The monoisotopic (exact) mass is 413 g/mol. The molecule has 2 aromatic carbocycles. The van der Waals surface area contributed by atoms with Gasteiger partial charge < -0.3 is 14.8 Å². The zero-order chi connectivity index (χ0) is 21.0. The number of halogens is 1. The van der Waals surface area contributed by atoms with Crippen molar-refractivity contribution >= 4 is 29.2 Å². The molecule has 3 aromatic rings. The summed E-state index contributed by atoms with van der Waals surface area (Å²) in [6, 6.07) is 13.6. The number of carbonyl (C=O) groups excluding carboxylic acids is 2. The molecule has 0 radical (unpaired) electrons. The van der Waals surface area contributed by atoms with Crippen LogP contribution in [0.4, 0.5) is 5.69 Å². The maximum absolute atomic E-state index is 12.2. The lowest BCUT2D eigenvalue weighted by Gasteiger charge is -2.09. The molecule has 0 aliphatic carbocycles. The van der Waals surface area contributed by atoms with E-state index in [1.807, 2.05) is 13.8 Å². The van der Waals surface area contributed by atoms with Gasteiger partial charge in [-0.25, -0.2) is 9.48 Å². The first-order valence-electron chi connectivity index (χ1n) is 8.82. The van der Waals surface area contributed by atoms with Crippen LogP contribution >= 0.6 is 11.6 Å². The van der Waals surface area contributed by atoms with Gasteiger partial charge in [0.1, 0.15) is 5.75 Å². The summed E-state index contributed by atoms with van der Waals surface area (Å²) in [5.41, 5.74) is 3.20. The Morgan fingerprint density at radius 2 is 1.86 bits per heavy atom. The number of methoxy groups -OCH3 is 1. The molecule has 8 heteroatoms. The van der Waals surface area contributed by atoms with Crippen molar-refractivity contribution in [2.24, 2.45) is 0 Å². The Labute approximate surface area is 173 Å². The van der Waals surface area contributed by atoms with Crippen molar-refractivity contribution in [2.45, 2.75) is 13.8 Å². The third-order valence-corrected chi connectivity index (χ3v) is 4.79. The lowest BCUT2D eigenvalue weighted by molar-refractivity contribution is -0.119. The maximum Gasteiger partial charge on any atom is 0.338 e. The molecule has 0 saturated carbocycles. The minimum atomic E-state index is -0.594. The second-order valence-electron chi connectivity index (χ2n) is 6.30. The molecule has 7 nitrogen and oxygen atoms in total. The molecule has 0 atom stereocenters. The third-order valence-electron chi connectivity index (χ3n) is 4.24. The predicted octanol–water partition coefficient (Wildman–Crippen LogP) is 3.95. The number of aryl methyl sites for hydroxylation is 1. The fraction of sp³-hybridized carbons (Fsp3) is 0.190. The van der Waals surface area contributed by atoms with Crippen molar-refractivity contribution in [3.05, 3.63) is 70.5 Å². The lowest BCUT2D eigenvalue weighted by Crippen LogP contribution is -2.21. The molecule has 1 amide bonds. The number of anilines is 1. The number of amides is 1. The van der Waals surface area contributed by atoms with Crippen LogP contribution in [0.25, 0.3) is 5.69 Å². The molecular weight excluding hydrogens is 394 g/mol. The summed E-state index contributed by atoms with van der Waals surface area (Å²) < 4.78 is 11.9. The van der Waals surface area contributed by atoms with Crippen molar-refractivity contribution in [1.82, 2.24) is 9.78 Å². The van der Waals surface area contributed by atoms with Crippen LogP contribution in [0.15, 0.2) is 48.5 Å². The summed E-state index contributed by atoms with van der Waals surface area (Å²) in [5.74, 6) is -0.423. The quantitative estimate of drug-likeness (QED) is 0.619. The zero-order valence-electron chi connectivity index (χ0n) is 16.2. The Kier molecular flexibility index (Phi) is 6.19. The molecule has 0 spiro atoms. The van der Waals surface area contributed by atoms with Gasteiger partial charge in [0.2, 0.25) is 0 Å². The molecule has 3 rings (SSSR count). The normalized spacial score (nSPS) is 10.5. The highest BCUT2D eigenvalue weighted by Gasteiger charge is 2.13. The average Bonchev–Trinajstić information content (AvgIpc) is 2.99. The molecule has 1 heterocycles. The fourth-order valence-electron chi connectivity index (χ4n) is 2.73. The molecule has 150 valence electrons. The average molecular weight is 414 g/mol. The van der Waals surface area contributed by atoms with E-state index in [1.165, 1.54) is 7.11 Å². The topological polar surface area (TPSA) is 82.5 Å². The van der Waals surface area contributed by atoms with Crippen LogP contribution in [-0.2, 0) is 9.53 Å². The summed E-state index contributed by atoms with van der Waals surface area (Å²) in [4.78, 5) is 24.2. The molecule has 0 fully saturated rings. The summed E-state index contributed by atoms with van der Waals surface area (Å²) in [5, 5.41) is 7.63. The highest BCUT2D eigenvalue weighted by Crippen LogP contribution is 2.22. The van der Waals surface area contributed by atoms with E-state index in [0.717, 1.165) is 17.1 Å². The molecule has 0 aliphatic rings. The Bertz CT molecular complexity index is 1040. The largest absolute Gasteiger partial charge is 0.497 e. The Balaban J connectivity index is 1.59. The number of hydrogen-bond acceptors (Lipinski definition) is 5. The van der Waals surface area contributed by atoms with Gasteiger partial charge in [-0.2, -0.15) is 5.10 Å². The van der Waals surface area contributed by atoms with Gasteiger partial charge in [-0.1, -0.05) is 17.7 Å².